The van der Waals surface area contributed by atoms with Crippen LogP contribution in [0.2, 0.25) is 5.02 Å². The van der Waals surface area contributed by atoms with Crippen LogP contribution in [0.3, 0.4) is 0 Å². The predicted molar refractivity (Wildman–Crippen MR) is 94.9 cm³/mol. The smallest absolute Gasteiger partial charge is 0.270 e. The highest BCUT2D eigenvalue weighted by Crippen LogP contribution is 2.30. The number of amides is 1. The second-order valence-electron chi connectivity index (χ2n) is 5.26. The molecule has 8 nitrogen and oxygen atoms in total. The van der Waals surface area contributed by atoms with Gasteiger partial charge in [-0.3, -0.25) is 14.9 Å². The average molecular weight is 381 g/mol. The number of hydrogen-bond donors (Lipinski definition) is 2. The molecule has 26 heavy (non-hydrogen) atoms. The topological polar surface area (TPSA) is 111 Å². The number of hydrogen-bond acceptors (Lipinski definition) is 6. The summed E-state index contributed by atoms with van der Waals surface area (Å²) in [7, 11) is 2.98. The summed E-state index contributed by atoms with van der Waals surface area (Å²) in [5, 5.41) is 23.4. The summed E-state index contributed by atoms with van der Waals surface area (Å²) in [5.41, 5.74) is 0.395. The second-order valence-corrected chi connectivity index (χ2v) is 5.67. The number of nitro groups is 1. The summed E-state index contributed by atoms with van der Waals surface area (Å²) >= 11 is 5.92. The van der Waals surface area contributed by atoms with Gasteiger partial charge in [0.25, 0.3) is 11.6 Å². The molecule has 0 saturated carbocycles. The number of carbonyl (C=O) groups is 1. The first-order chi connectivity index (χ1) is 12.4. The van der Waals surface area contributed by atoms with Crippen LogP contribution in [-0.2, 0) is 0 Å². The molecule has 2 aromatic rings. The van der Waals surface area contributed by atoms with Crippen molar-refractivity contribution in [3.05, 3.63) is 62.7 Å². The van der Waals surface area contributed by atoms with Crippen molar-refractivity contribution in [1.29, 1.82) is 0 Å². The number of carbonyl (C=O) groups excluding carboxylic acids is 1. The molecule has 0 aliphatic heterocycles. The number of aliphatic hydroxyl groups is 1. The summed E-state index contributed by atoms with van der Waals surface area (Å²) < 4.78 is 10.3. The number of nitro benzene ring substituents is 1. The van der Waals surface area contributed by atoms with Crippen molar-refractivity contribution < 1.29 is 24.3 Å². The number of benzene rings is 2. The molecular weight excluding hydrogens is 364 g/mol. The number of rotatable bonds is 7. The molecule has 138 valence electrons. The fraction of sp³-hybridized carbons (Fsp3) is 0.235. The Bertz CT molecular complexity index is 827. The van der Waals surface area contributed by atoms with Crippen LogP contribution in [0, 0.1) is 10.1 Å². The van der Waals surface area contributed by atoms with Crippen molar-refractivity contribution >= 4 is 23.2 Å². The molecule has 0 aliphatic carbocycles. The molecule has 0 bridgehead atoms. The summed E-state index contributed by atoms with van der Waals surface area (Å²) in [6.45, 7) is -0.0817. The van der Waals surface area contributed by atoms with Gasteiger partial charge in [0, 0.05) is 18.7 Å². The molecule has 0 aromatic heterocycles. The Hall–Kier alpha value is -2.84. The predicted octanol–water partition coefficient (Wildman–Crippen LogP) is 2.73. The minimum Gasteiger partial charge on any atom is -0.493 e. The molecule has 0 heterocycles. The average Bonchev–Trinajstić information content (AvgIpc) is 2.64. The van der Waals surface area contributed by atoms with Gasteiger partial charge in [0.05, 0.1) is 35.8 Å². The second kappa shape index (κ2) is 8.50. The maximum Gasteiger partial charge on any atom is 0.270 e. The van der Waals surface area contributed by atoms with E-state index in [4.69, 9.17) is 21.1 Å². The van der Waals surface area contributed by atoms with Crippen LogP contribution in [0.25, 0.3) is 0 Å². The molecule has 1 atom stereocenters. The van der Waals surface area contributed by atoms with Crippen LogP contribution >= 0.6 is 11.6 Å². The first kappa shape index (κ1) is 19.5. The van der Waals surface area contributed by atoms with Gasteiger partial charge in [0.2, 0.25) is 0 Å². The van der Waals surface area contributed by atoms with Gasteiger partial charge >= 0.3 is 0 Å². The van der Waals surface area contributed by atoms with Gasteiger partial charge in [0.1, 0.15) is 0 Å². The lowest BCUT2D eigenvalue weighted by molar-refractivity contribution is -0.384. The fourth-order valence-corrected chi connectivity index (χ4v) is 2.52. The third-order valence-electron chi connectivity index (χ3n) is 3.66. The molecule has 1 unspecified atom stereocenters. The van der Waals surface area contributed by atoms with Crippen molar-refractivity contribution in [2.45, 2.75) is 6.10 Å². The van der Waals surface area contributed by atoms with Gasteiger partial charge in [-0.1, -0.05) is 17.7 Å². The number of halogens is 1. The third-order valence-corrected chi connectivity index (χ3v) is 3.97. The van der Waals surface area contributed by atoms with E-state index in [-0.39, 0.29) is 22.8 Å². The Kier molecular flexibility index (Phi) is 6.37. The van der Waals surface area contributed by atoms with E-state index in [1.165, 1.54) is 26.4 Å². The van der Waals surface area contributed by atoms with E-state index in [0.717, 1.165) is 6.07 Å². The third kappa shape index (κ3) is 4.41. The Morgan fingerprint density at radius 1 is 1.23 bits per heavy atom. The van der Waals surface area contributed by atoms with Gasteiger partial charge in [-0.25, -0.2) is 0 Å². The maximum absolute atomic E-state index is 12.2. The molecule has 0 aliphatic rings. The van der Waals surface area contributed by atoms with Crippen molar-refractivity contribution in [2.75, 3.05) is 20.8 Å². The minimum atomic E-state index is -0.990. The molecule has 0 radical (unpaired) electrons. The zero-order valence-corrected chi connectivity index (χ0v) is 14.8. The highest BCUT2D eigenvalue weighted by atomic mass is 35.5. The highest BCUT2D eigenvalue weighted by molar-refractivity contribution is 6.34. The summed E-state index contributed by atoms with van der Waals surface area (Å²) in [6.07, 6.45) is -0.990. The van der Waals surface area contributed by atoms with Crippen molar-refractivity contribution in [1.82, 2.24) is 5.32 Å². The lowest BCUT2D eigenvalue weighted by atomic mass is 10.1. The number of ether oxygens (including phenoxy) is 2. The van der Waals surface area contributed by atoms with Crippen LogP contribution < -0.4 is 14.8 Å². The Labute approximate surface area is 154 Å². The van der Waals surface area contributed by atoms with Gasteiger partial charge < -0.3 is 19.9 Å². The molecule has 9 heteroatoms. The van der Waals surface area contributed by atoms with Gasteiger partial charge in [0.15, 0.2) is 11.5 Å². The molecule has 0 spiro atoms. The van der Waals surface area contributed by atoms with Crippen LogP contribution in [0.5, 0.6) is 11.5 Å². The van der Waals surface area contributed by atoms with E-state index >= 15 is 0 Å². The largest absolute Gasteiger partial charge is 0.493 e. The van der Waals surface area contributed by atoms with Crippen LogP contribution in [0.4, 0.5) is 5.69 Å². The monoisotopic (exact) mass is 380 g/mol. The molecule has 2 N–H and O–H groups in total. The lowest BCUT2D eigenvalue weighted by Crippen LogP contribution is -2.28. The number of aliphatic hydroxyl groups excluding tert-OH is 1. The standard InChI is InChI=1S/C17H17ClN2O6/c1-25-15-6-3-10(7-16(15)26-2)14(21)9-19-17(22)12-5-4-11(20(23)24)8-13(12)18/h3-8,14,21H,9H2,1-2H3,(H,19,22). The number of nitrogens with one attached hydrogen (secondary N) is 1. The van der Waals surface area contributed by atoms with Crippen LogP contribution in [0.1, 0.15) is 22.0 Å². The van der Waals surface area contributed by atoms with Gasteiger partial charge in [-0.2, -0.15) is 0 Å². The number of nitrogens with zero attached hydrogens (tertiary/aromatic N) is 1. The Morgan fingerprint density at radius 3 is 2.50 bits per heavy atom. The highest BCUT2D eigenvalue weighted by Gasteiger charge is 2.17. The molecule has 2 aromatic carbocycles. The molecule has 0 fully saturated rings. The van der Waals surface area contributed by atoms with E-state index in [0.29, 0.717) is 17.1 Å². The van der Waals surface area contributed by atoms with E-state index in [1.807, 2.05) is 0 Å². The number of non-ortho nitro benzene ring substituents is 1. The van der Waals surface area contributed by atoms with Crippen molar-refractivity contribution in [3.8, 4) is 11.5 Å². The van der Waals surface area contributed by atoms with E-state index in [1.54, 1.807) is 18.2 Å². The Morgan fingerprint density at radius 2 is 1.92 bits per heavy atom. The quantitative estimate of drug-likeness (QED) is 0.564. The summed E-state index contributed by atoms with van der Waals surface area (Å²) in [4.78, 5) is 22.3. The van der Waals surface area contributed by atoms with Crippen LogP contribution in [-0.4, -0.2) is 36.7 Å². The van der Waals surface area contributed by atoms with Gasteiger partial charge in [-0.05, 0) is 23.8 Å². The normalized spacial score (nSPS) is 11.5. The minimum absolute atomic E-state index is 0.0442. The maximum atomic E-state index is 12.2. The fourth-order valence-electron chi connectivity index (χ4n) is 2.26. The zero-order valence-electron chi connectivity index (χ0n) is 14.1. The molecular formula is C17H17ClN2O6. The van der Waals surface area contributed by atoms with Gasteiger partial charge in [-0.15, -0.1) is 0 Å². The Balaban J connectivity index is 2.06. The van der Waals surface area contributed by atoms with E-state index in [9.17, 15) is 20.0 Å². The summed E-state index contributed by atoms with van der Waals surface area (Å²) in [6, 6.07) is 8.45. The van der Waals surface area contributed by atoms with E-state index in [2.05, 4.69) is 5.32 Å². The van der Waals surface area contributed by atoms with Crippen LogP contribution in [0.15, 0.2) is 36.4 Å². The first-order valence-corrected chi connectivity index (χ1v) is 7.87. The lowest BCUT2D eigenvalue weighted by Gasteiger charge is -2.15. The number of methoxy groups -OCH3 is 2. The zero-order chi connectivity index (χ0) is 19.3. The van der Waals surface area contributed by atoms with E-state index < -0.39 is 16.9 Å². The SMILES string of the molecule is COc1ccc(C(O)CNC(=O)c2ccc([N+](=O)[O-])cc2Cl)cc1OC. The summed E-state index contributed by atoms with van der Waals surface area (Å²) in [5.74, 6) is 0.420. The molecule has 1 amide bonds. The molecule has 2 rings (SSSR count). The van der Waals surface area contributed by atoms with Crippen molar-refractivity contribution in [2.24, 2.45) is 0 Å². The van der Waals surface area contributed by atoms with Crippen molar-refractivity contribution in [3.63, 3.8) is 0 Å². The molecule has 0 saturated heterocycles. The first-order valence-electron chi connectivity index (χ1n) is 7.49.